The predicted molar refractivity (Wildman–Crippen MR) is 109 cm³/mol. The summed E-state index contributed by atoms with van der Waals surface area (Å²) in [6.07, 6.45) is 4.34. The fraction of sp³-hybridized carbons (Fsp3) is 0.381. The van der Waals surface area contributed by atoms with Crippen molar-refractivity contribution in [2.45, 2.75) is 42.7 Å². The molecule has 0 unspecified atom stereocenters. The van der Waals surface area contributed by atoms with Crippen LogP contribution in [-0.4, -0.2) is 44.4 Å². The highest BCUT2D eigenvalue weighted by Crippen LogP contribution is 2.29. The van der Waals surface area contributed by atoms with Crippen LogP contribution in [0.5, 0.6) is 0 Å². The van der Waals surface area contributed by atoms with Gasteiger partial charge in [-0.3, -0.25) is 9.52 Å². The number of halogens is 1. The van der Waals surface area contributed by atoms with Crippen molar-refractivity contribution < 1.29 is 17.6 Å². The molecule has 29 heavy (non-hydrogen) atoms. The molecule has 1 saturated heterocycles. The number of piperidine rings is 1. The van der Waals surface area contributed by atoms with E-state index in [-0.39, 0.29) is 28.1 Å². The van der Waals surface area contributed by atoms with Crippen molar-refractivity contribution in [2.24, 2.45) is 0 Å². The topological polar surface area (TPSA) is 78.5 Å². The molecule has 1 amide bonds. The molecule has 4 rings (SSSR count). The molecule has 0 aromatic heterocycles. The maximum Gasteiger partial charge on any atom is 0.261 e. The second-order valence-electron chi connectivity index (χ2n) is 7.62. The number of para-hydroxylation sites is 1. The number of carbonyl (C=O) groups excluding carboxylic acids is 1. The van der Waals surface area contributed by atoms with Gasteiger partial charge in [0.05, 0.1) is 16.1 Å². The van der Waals surface area contributed by atoms with Gasteiger partial charge in [0.1, 0.15) is 5.82 Å². The number of nitrogens with zero attached hydrogens (tertiary/aromatic N) is 1. The highest BCUT2D eigenvalue weighted by molar-refractivity contribution is 7.92. The van der Waals surface area contributed by atoms with E-state index < -0.39 is 15.8 Å². The normalized spacial score (nSPS) is 18.4. The maximum atomic E-state index is 13.1. The molecule has 6 nitrogen and oxygen atoms in total. The second-order valence-corrected chi connectivity index (χ2v) is 9.30. The molecule has 2 N–H and O–H groups in total. The summed E-state index contributed by atoms with van der Waals surface area (Å²) in [5.41, 5.74) is 0.465. The maximum absolute atomic E-state index is 13.1. The van der Waals surface area contributed by atoms with Gasteiger partial charge in [0.25, 0.3) is 15.9 Å². The summed E-state index contributed by atoms with van der Waals surface area (Å²) in [6.45, 7) is 1.96. The molecular formula is C21H24FN3O3S. The zero-order valence-corrected chi connectivity index (χ0v) is 16.8. The first kappa shape index (κ1) is 19.8. The number of likely N-dealkylation sites (tertiary alicyclic amines) is 1. The minimum absolute atomic E-state index is 0.0680. The summed E-state index contributed by atoms with van der Waals surface area (Å²) < 4.78 is 40.8. The van der Waals surface area contributed by atoms with Crippen LogP contribution >= 0.6 is 0 Å². The number of carbonyl (C=O) groups is 1. The summed E-state index contributed by atoms with van der Waals surface area (Å²) in [4.78, 5) is 15.2. The van der Waals surface area contributed by atoms with Gasteiger partial charge < -0.3 is 10.2 Å². The molecule has 154 valence electrons. The summed E-state index contributed by atoms with van der Waals surface area (Å²) in [7, 11) is -3.93. The van der Waals surface area contributed by atoms with Crippen LogP contribution in [0.3, 0.4) is 0 Å². The fourth-order valence-electron chi connectivity index (χ4n) is 3.70. The van der Waals surface area contributed by atoms with Crippen molar-refractivity contribution in [2.75, 3.05) is 17.8 Å². The number of anilines is 1. The average Bonchev–Trinajstić information content (AvgIpc) is 3.54. The Balaban J connectivity index is 1.45. The van der Waals surface area contributed by atoms with Crippen molar-refractivity contribution in [3.8, 4) is 0 Å². The van der Waals surface area contributed by atoms with Crippen LogP contribution in [0.25, 0.3) is 0 Å². The Kier molecular flexibility index (Phi) is 5.56. The smallest absolute Gasteiger partial charge is 0.261 e. The van der Waals surface area contributed by atoms with Crippen LogP contribution in [0.1, 0.15) is 36.0 Å². The first-order chi connectivity index (χ1) is 13.9. The molecule has 2 aliphatic rings. The number of benzene rings is 2. The summed E-state index contributed by atoms with van der Waals surface area (Å²) in [6, 6.07) is 11.9. The third kappa shape index (κ3) is 4.76. The Morgan fingerprint density at radius 2 is 1.62 bits per heavy atom. The highest BCUT2D eigenvalue weighted by atomic mass is 32.2. The molecular weight excluding hydrogens is 393 g/mol. The summed E-state index contributed by atoms with van der Waals surface area (Å²) in [5, 5.41) is 3.04. The van der Waals surface area contributed by atoms with Crippen molar-refractivity contribution in [3.63, 3.8) is 0 Å². The van der Waals surface area contributed by atoms with Crippen LogP contribution < -0.4 is 10.0 Å². The van der Waals surface area contributed by atoms with E-state index in [1.807, 2.05) is 0 Å². The number of hydrogen-bond acceptors (Lipinski definition) is 4. The minimum Gasteiger partial charge on any atom is -0.349 e. The molecule has 0 spiro atoms. The lowest BCUT2D eigenvalue weighted by Gasteiger charge is -2.32. The van der Waals surface area contributed by atoms with Gasteiger partial charge in [-0.25, -0.2) is 12.8 Å². The molecule has 0 bridgehead atoms. The van der Waals surface area contributed by atoms with Gasteiger partial charge in [0, 0.05) is 25.2 Å². The number of sulfonamides is 1. The number of hydrogen-bond donors (Lipinski definition) is 2. The van der Waals surface area contributed by atoms with E-state index >= 15 is 0 Å². The SMILES string of the molecule is O=C(NC1CCN(C2CC2)CC1)c1ccccc1NS(=O)(=O)c1ccc(F)cc1. The molecule has 1 heterocycles. The highest BCUT2D eigenvalue weighted by Gasteiger charge is 2.32. The standard InChI is InChI=1S/C21H24FN3O3S/c22-15-5-9-18(10-6-15)29(27,28)24-20-4-2-1-3-19(20)21(26)23-16-11-13-25(14-12-16)17-7-8-17/h1-6,9-10,16-17,24H,7-8,11-14H2,(H,23,26). The molecule has 2 aromatic carbocycles. The Morgan fingerprint density at radius 1 is 0.966 bits per heavy atom. The van der Waals surface area contributed by atoms with E-state index in [0.717, 1.165) is 44.1 Å². The number of nitrogens with one attached hydrogen (secondary N) is 2. The van der Waals surface area contributed by atoms with Gasteiger partial charge in [-0.1, -0.05) is 12.1 Å². The van der Waals surface area contributed by atoms with Crippen LogP contribution in [0.4, 0.5) is 10.1 Å². The van der Waals surface area contributed by atoms with E-state index in [9.17, 15) is 17.6 Å². The predicted octanol–water partition coefficient (Wildman–Crippen LogP) is 2.98. The molecule has 1 saturated carbocycles. The van der Waals surface area contributed by atoms with Gasteiger partial charge in [0.15, 0.2) is 0 Å². The van der Waals surface area contributed by atoms with Gasteiger partial charge in [-0.05, 0) is 62.1 Å². The van der Waals surface area contributed by atoms with E-state index in [0.29, 0.717) is 0 Å². The van der Waals surface area contributed by atoms with Gasteiger partial charge in [0.2, 0.25) is 0 Å². The minimum atomic E-state index is -3.93. The number of amides is 1. The van der Waals surface area contributed by atoms with Gasteiger partial charge in [-0.15, -0.1) is 0 Å². The molecule has 1 aliphatic carbocycles. The van der Waals surface area contributed by atoms with E-state index in [1.165, 1.54) is 25.0 Å². The third-order valence-electron chi connectivity index (χ3n) is 5.47. The van der Waals surface area contributed by atoms with E-state index in [1.54, 1.807) is 24.3 Å². The van der Waals surface area contributed by atoms with Crippen molar-refractivity contribution >= 4 is 21.6 Å². The van der Waals surface area contributed by atoms with E-state index in [2.05, 4.69) is 14.9 Å². The Hall–Kier alpha value is -2.45. The fourth-order valence-corrected chi connectivity index (χ4v) is 4.78. The Bertz CT molecular complexity index is 982. The van der Waals surface area contributed by atoms with Crippen molar-refractivity contribution in [3.05, 3.63) is 59.9 Å². The van der Waals surface area contributed by atoms with Crippen LogP contribution in [0.15, 0.2) is 53.4 Å². The quantitative estimate of drug-likeness (QED) is 0.758. The molecule has 8 heteroatoms. The molecule has 2 fully saturated rings. The van der Waals surface area contributed by atoms with Crippen LogP contribution in [0.2, 0.25) is 0 Å². The largest absolute Gasteiger partial charge is 0.349 e. The lowest BCUT2D eigenvalue weighted by atomic mass is 10.0. The zero-order valence-electron chi connectivity index (χ0n) is 16.0. The van der Waals surface area contributed by atoms with Gasteiger partial charge >= 0.3 is 0 Å². The first-order valence-corrected chi connectivity index (χ1v) is 11.3. The first-order valence-electron chi connectivity index (χ1n) is 9.85. The number of rotatable bonds is 6. The second kappa shape index (κ2) is 8.12. The summed E-state index contributed by atoms with van der Waals surface area (Å²) >= 11 is 0. The lowest BCUT2D eigenvalue weighted by Crippen LogP contribution is -2.45. The summed E-state index contributed by atoms with van der Waals surface area (Å²) in [5.74, 6) is -0.816. The Morgan fingerprint density at radius 3 is 2.28 bits per heavy atom. The van der Waals surface area contributed by atoms with Gasteiger partial charge in [-0.2, -0.15) is 0 Å². The van der Waals surface area contributed by atoms with Crippen LogP contribution in [-0.2, 0) is 10.0 Å². The monoisotopic (exact) mass is 417 g/mol. The lowest BCUT2D eigenvalue weighted by molar-refractivity contribution is 0.0910. The van der Waals surface area contributed by atoms with Crippen molar-refractivity contribution in [1.82, 2.24) is 10.2 Å². The van der Waals surface area contributed by atoms with Crippen molar-refractivity contribution in [1.29, 1.82) is 0 Å². The Labute approximate surface area is 170 Å². The average molecular weight is 418 g/mol. The molecule has 0 atom stereocenters. The molecule has 1 aliphatic heterocycles. The zero-order chi connectivity index (χ0) is 20.4. The molecule has 2 aromatic rings. The third-order valence-corrected chi connectivity index (χ3v) is 6.85. The molecule has 0 radical (unpaired) electrons. The van der Waals surface area contributed by atoms with E-state index in [4.69, 9.17) is 0 Å². The van der Waals surface area contributed by atoms with Crippen LogP contribution in [0, 0.1) is 5.82 Å².